The van der Waals surface area contributed by atoms with Gasteiger partial charge in [0.25, 0.3) is 0 Å². The van der Waals surface area contributed by atoms with E-state index >= 15 is 0 Å². The number of ketones is 1. The fraction of sp³-hybridized carbons (Fsp3) is 0.0556. The van der Waals surface area contributed by atoms with Crippen molar-refractivity contribution in [3.63, 3.8) is 0 Å². The third-order valence-corrected chi connectivity index (χ3v) is 4.08. The van der Waals surface area contributed by atoms with E-state index in [1.54, 1.807) is 0 Å². The van der Waals surface area contributed by atoms with E-state index in [0.29, 0.717) is 5.33 Å². The summed E-state index contributed by atoms with van der Waals surface area (Å²) in [5.41, 5.74) is 17.8. The summed E-state index contributed by atoms with van der Waals surface area (Å²) < 4.78 is 0. The first-order chi connectivity index (χ1) is 12.4. The zero-order valence-electron chi connectivity index (χ0n) is 14.3. The van der Waals surface area contributed by atoms with Gasteiger partial charge in [-0.25, -0.2) is 4.98 Å². The van der Waals surface area contributed by atoms with E-state index < -0.39 is 0 Å². The smallest absolute Gasteiger partial charge is 0.329 e. The molecule has 9 heteroatoms. The molecule has 3 rings (SSSR count). The summed E-state index contributed by atoms with van der Waals surface area (Å²) in [5, 5.41) is 3.16. The molecule has 5 nitrogen and oxygen atoms in total. The lowest BCUT2D eigenvalue weighted by molar-refractivity contribution is -0.340. The van der Waals surface area contributed by atoms with Gasteiger partial charge in [0.15, 0.2) is 10.9 Å². The number of aromatic nitrogens is 1. The van der Waals surface area contributed by atoms with E-state index in [2.05, 4.69) is 56.7 Å². The monoisotopic (exact) mass is 530 g/mol. The molecule has 0 fully saturated rings. The van der Waals surface area contributed by atoms with Crippen LogP contribution in [-0.4, -0.2) is 16.2 Å². The average Bonchev–Trinajstić information content (AvgIpc) is 3.09. The van der Waals surface area contributed by atoms with Gasteiger partial charge in [-0.3, -0.25) is 10.5 Å². The molecule has 0 unspecified atom stereocenters. The number of thiocarbonyl (C=S) groups is 1. The van der Waals surface area contributed by atoms with Gasteiger partial charge in [-0.2, -0.15) is 0 Å². The molecule has 27 heavy (non-hydrogen) atoms. The van der Waals surface area contributed by atoms with Crippen LogP contribution in [0.15, 0.2) is 66.0 Å². The molecule has 0 aliphatic rings. The lowest BCUT2D eigenvalue weighted by Crippen LogP contribution is -3.00. The second-order valence-corrected chi connectivity index (χ2v) is 6.77. The Hall–Kier alpha value is -1.81. The van der Waals surface area contributed by atoms with Crippen molar-refractivity contribution >= 4 is 55.5 Å². The van der Waals surface area contributed by atoms with Crippen molar-refractivity contribution in [2.45, 2.75) is 0 Å². The molecule has 0 saturated heterocycles. The van der Waals surface area contributed by atoms with Gasteiger partial charge < -0.3 is 28.4 Å². The number of nitrogens with one attached hydrogen (secondary N) is 1. The minimum atomic E-state index is 0. The lowest BCUT2D eigenvalue weighted by Gasteiger charge is -1.92. The largest absolute Gasteiger partial charge is 1.00 e. The third kappa shape index (κ3) is 10.8. The van der Waals surface area contributed by atoms with Crippen LogP contribution in [-0.2, 0) is 0 Å². The SMILES string of the molecule is NC(N)=S.Nc1[nH+]c(-c2ccccc2)cs1.O=C(CBr)c1ccccc1.[Br-]. The maximum atomic E-state index is 11.0. The predicted octanol–water partition coefficient (Wildman–Crippen LogP) is 0.268. The molecular weight excluding hydrogens is 512 g/mol. The zero-order valence-corrected chi connectivity index (χ0v) is 19.1. The van der Waals surface area contributed by atoms with Crippen molar-refractivity contribution in [1.29, 1.82) is 0 Å². The summed E-state index contributed by atoms with van der Waals surface area (Å²) in [7, 11) is 0. The molecule has 0 spiro atoms. The van der Waals surface area contributed by atoms with Crippen LogP contribution in [0.5, 0.6) is 0 Å². The minimum Gasteiger partial charge on any atom is -1.00 e. The Morgan fingerprint density at radius 1 is 1.04 bits per heavy atom. The van der Waals surface area contributed by atoms with Gasteiger partial charge >= 0.3 is 5.13 Å². The Bertz CT molecular complexity index is 810. The van der Waals surface area contributed by atoms with Crippen LogP contribution in [0.1, 0.15) is 10.4 Å². The van der Waals surface area contributed by atoms with Crippen molar-refractivity contribution in [2.75, 3.05) is 11.1 Å². The Morgan fingerprint density at radius 3 is 1.93 bits per heavy atom. The molecule has 0 aliphatic heterocycles. The number of thiazole rings is 1. The number of benzene rings is 2. The van der Waals surface area contributed by atoms with Gasteiger partial charge in [0.05, 0.1) is 5.33 Å². The van der Waals surface area contributed by atoms with Crippen LogP contribution in [0.2, 0.25) is 0 Å². The van der Waals surface area contributed by atoms with Crippen LogP contribution < -0.4 is 39.2 Å². The average molecular weight is 532 g/mol. The Kier molecular flexibility index (Phi) is 13.3. The topological polar surface area (TPSA) is 109 Å². The molecule has 144 valence electrons. The van der Waals surface area contributed by atoms with Crippen molar-refractivity contribution in [3.05, 3.63) is 71.6 Å². The normalized spacial score (nSPS) is 8.78. The first-order valence-electron chi connectivity index (χ1n) is 7.44. The second-order valence-electron chi connectivity index (χ2n) is 4.83. The van der Waals surface area contributed by atoms with Gasteiger partial charge in [0, 0.05) is 16.5 Å². The number of nitrogens with two attached hydrogens (primary N) is 3. The van der Waals surface area contributed by atoms with Crippen LogP contribution in [0.25, 0.3) is 11.3 Å². The number of rotatable bonds is 3. The molecule has 1 heterocycles. The number of anilines is 1. The first-order valence-corrected chi connectivity index (χ1v) is 9.85. The summed E-state index contributed by atoms with van der Waals surface area (Å²) in [6.07, 6.45) is 0. The highest BCUT2D eigenvalue weighted by Gasteiger charge is 2.04. The lowest BCUT2D eigenvalue weighted by atomic mass is 10.2. The van der Waals surface area contributed by atoms with E-state index in [9.17, 15) is 4.79 Å². The number of nitrogen functional groups attached to an aromatic ring is 1. The fourth-order valence-corrected chi connectivity index (χ4v) is 2.71. The third-order valence-electron chi connectivity index (χ3n) is 2.86. The maximum Gasteiger partial charge on any atom is 0.329 e. The highest BCUT2D eigenvalue weighted by molar-refractivity contribution is 9.09. The number of carbonyl (C=O) groups is 1. The molecule has 0 atom stereocenters. The number of carbonyl (C=O) groups excluding carboxylic acids is 1. The molecule has 0 bridgehead atoms. The Labute approximate surface area is 186 Å². The minimum absolute atomic E-state index is 0. The molecular formula is C18H20Br2N4OS2. The number of alkyl halides is 1. The quantitative estimate of drug-likeness (QED) is 0.255. The number of halogens is 2. The number of hydrogen-bond acceptors (Lipinski definition) is 4. The van der Waals surface area contributed by atoms with Crippen molar-refractivity contribution in [3.8, 4) is 11.3 Å². The predicted molar refractivity (Wildman–Crippen MR) is 116 cm³/mol. The number of hydrogen-bond donors (Lipinski definition) is 3. The van der Waals surface area contributed by atoms with Gasteiger partial charge in [-0.15, -0.1) is 0 Å². The fourth-order valence-electron chi connectivity index (χ4n) is 1.77. The number of aromatic amines is 1. The summed E-state index contributed by atoms with van der Waals surface area (Å²) in [6.45, 7) is 0. The van der Waals surface area contributed by atoms with Crippen LogP contribution >= 0.6 is 39.5 Å². The molecule has 0 radical (unpaired) electrons. The van der Waals surface area contributed by atoms with Crippen molar-refractivity contribution in [1.82, 2.24) is 0 Å². The highest BCUT2D eigenvalue weighted by atomic mass is 79.9. The summed E-state index contributed by atoms with van der Waals surface area (Å²) >= 11 is 8.72. The highest BCUT2D eigenvalue weighted by Crippen LogP contribution is 2.17. The van der Waals surface area contributed by atoms with Gasteiger partial charge in [0.2, 0.25) is 0 Å². The van der Waals surface area contributed by atoms with E-state index in [-0.39, 0.29) is 27.9 Å². The molecule has 0 aliphatic carbocycles. The van der Waals surface area contributed by atoms with Crippen LogP contribution in [0.4, 0.5) is 5.13 Å². The molecule has 3 aromatic rings. The maximum absolute atomic E-state index is 11.0. The summed E-state index contributed by atoms with van der Waals surface area (Å²) in [5.74, 6) is 0.126. The summed E-state index contributed by atoms with van der Waals surface area (Å²) in [4.78, 5) is 14.1. The van der Waals surface area contributed by atoms with Gasteiger partial charge in [-0.05, 0) is 12.2 Å². The van der Waals surface area contributed by atoms with E-state index in [4.69, 9.17) is 5.73 Å². The number of Topliss-reactive ketones (excluding diaryl/α,β-unsaturated/α-hetero) is 1. The van der Waals surface area contributed by atoms with Crippen molar-refractivity contribution < 1.29 is 26.8 Å². The van der Waals surface area contributed by atoms with Crippen LogP contribution in [0.3, 0.4) is 0 Å². The van der Waals surface area contributed by atoms with Crippen LogP contribution in [0, 0.1) is 0 Å². The first kappa shape index (κ1) is 25.2. The van der Waals surface area contributed by atoms with Gasteiger partial charge in [0.1, 0.15) is 5.69 Å². The van der Waals surface area contributed by atoms with Crippen molar-refractivity contribution in [2.24, 2.45) is 11.5 Å². The second kappa shape index (κ2) is 14.3. The Morgan fingerprint density at radius 2 is 1.52 bits per heavy atom. The van der Waals surface area contributed by atoms with Gasteiger partial charge in [-0.1, -0.05) is 87.9 Å². The molecule has 0 saturated carbocycles. The zero-order chi connectivity index (χ0) is 19.4. The standard InChI is InChI=1S/C9H8N2S.C8H7BrO.CH4N2S.BrH/c10-9-11-8(6-12-9)7-4-2-1-3-5-7;9-6-8(10)7-4-2-1-3-5-7;2-1(3)4;/h1-6H,(H2,10,11);1-5H,6H2;(H4,2,3,4);1H. The molecule has 7 N–H and O–H groups in total. The molecule has 1 aromatic heterocycles. The van der Waals surface area contributed by atoms with E-state index in [0.717, 1.165) is 16.4 Å². The number of H-pyrrole nitrogens is 1. The molecule has 0 amide bonds. The summed E-state index contributed by atoms with van der Waals surface area (Å²) in [6, 6.07) is 19.4. The van der Waals surface area contributed by atoms with E-state index in [1.165, 1.54) is 16.9 Å². The molecule has 2 aromatic carbocycles. The Balaban J connectivity index is 0.000000412. The van der Waals surface area contributed by atoms with E-state index in [1.807, 2.05) is 53.9 Å².